The second-order valence-electron chi connectivity index (χ2n) is 2.96. The summed E-state index contributed by atoms with van der Waals surface area (Å²) in [6.45, 7) is 7.19. The number of anilines is 1. The average molecular weight is 230 g/mol. The molecule has 1 rings (SSSR count). The van der Waals surface area contributed by atoms with Crippen molar-refractivity contribution in [3.8, 4) is 0 Å². The van der Waals surface area contributed by atoms with Crippen LogP contribution in [0.4, 0.5) is 5.82 Å². The predicted molar refractivity (Wildman–Crippen MR) is 61.4 cm³/mol. The molecule has 0 aliphatic heterocycles. The van der Waals surface area contributed by atoms with Gasteiger partial charge in [0, 0.05) is 25.9 Å². The van der Waals surface area contributed by atoms with E-state index >= 15 is 0 Å². The normalized spacial score (nSPS) is 10.3. The predicted octanol–water partition coefficient (Wildman–Crippen LogP) is 1.99. The summed E-state index contributed by atoms with van der Waals surface area (Å²) in [6, 6.07) is 1.85. The molecule has 0 unspecified atom stereocenters. The van der Waals surface area contributed by atoms with Gasteiger partial charge in [0.25, 0.3) is 0 Å². The number of ether oxygens (including phenoxy) is 1. The van der Waals surface area contributed by atoms with Gasteiger partial charge in [-0.2, -0.15) is 0 Å². The highest BCUT2D eigenvalue weighted by Crippen LogP contribution is 2.11. The van der Waals surface area contributed by atoms with E-state index in [9.17, 15) is 0 Å². The molecule has 0 aliphatic rings. The van der Waals surface area contributed by atoms with Crippen LogP contribution in [0, 0.1) is 0 Å². The Bertz CT molecular complexity index is 296. The molecule has 84 valence electrons. The summed E-state index contributed by atoms with van der Waals surface area (Å²) in [6.07, 6.45) is 1.66. The van der Waals surface area contributed by atoms with Crippen molar-refractivity contribution < 1.29 is 4.74 Å². The number of hydrogen-bond donors (Lipinski definition) is 0. The molecule has 15 heavy (non-hydrogen) atoms. The lowest BCUT2D eigenvalue weighted by atomic mass is 10.4. The van der Waals surface area contributed by atoms with Crippen molar-refractivity contribution in [2.45, 2.75) is 13.8 Å². The van der Waals surface area contributed by atoms with Crippen LogP contribution in [-0.2, 0) is 4.74 Å². The lowest BCUT2D eigenvalue weighted by Crippen LogP contribution is -2.28. The zero-order valence-corrected chi connectivity index (χ0v) is 9.87. The van der Waals surface area contributed by atoms with Crippen LogP contribution in [0.2, 0.25) is 5.28 Å². The van der Waals surface area contributed by atoms with Gasteiger partial charge in [-0.05, 0) is 31.5 Å². The van der Waals surface area contributed by atoms with E-state index in [-0.39, 0.29) is 5.28 Å². The molecule has 0 N–H and O–H groups in total. The van der Waals surface area contributed by atoms with Gasteiger partial charge in [-0.25, -0.2) is 9.97 Å². The number of aromatic nitrogens is 2. The Kier molecular flexibility index (Phi) is 5.36. The van der Waals surface area contributed by atoms with E-state index in [2.05, 4.69) is 21.8 Å². The van der Waals surface area contributed by atoms with Gasteiger partial charge in [-0.3, -0.25) is 0 Å². The van der Waals surface area contributed by atoms with Gasteiger partial charge >= 0.3 is 0 Å². The van der Waals surface area contributed by atoms with Crippen LogP contribution in [0.5, 0.6) is 0 Å². The van der Waals surface area contributed by atoms with Crippen LogP contribution in [-0.4, -0.2) is 36.3 Å². The summed E-state index contributed by atoms with van der Waals surface area (Å²) >= 11 is 5.73. The van der Waals surface area contributed by atoms with Crippen LogP contribution in [0.15, 0.2) is 12.3 Å². The highest BCUT2D eigenvalue weighted by Gasteiger charge is 2.05. The first kappa shape index (κ1) is 12.2. The molecule has 0 bridgehead atoms. The van der Waals surface area contributed by atoms with Crippen LogP contribution in [0.1, 0.15) is 13.8 Å². The molecule has 4 nitrogen and oxygen atoms in total. The zero-order valence-electron chi connectivity index (χ0n) is 9.11. The van der Waals surface area contributed by atoms with Crippen LogP contribution in [0.3, 0.4) is 0 Å². The molecular weight excluding hydrogens is 214 g/mol. The average Bonchev–Trinajstić information content (AvgIpc) is 2.24. The maximum atomic E-state index is 5.73. The van der Waals surface area contributed by atoms with E-state index in [1.165, 1.54) is 0 Å². The van der Waals surface area contributed by atoms with E-state index < -0.39 is 0 Å². The highest BCUT2D eigenvalue weighted by atomic mass is 35.5. The van der Waals surface area contributed by atoms with E-state index in [0.29, 0.717) is 6.61 Å². The molecule has 0 fully saturated rings. The number of halogens is 1. The van der Waals surface area contributed by atoms with Crippen LogP contribution >= 0.6 is 11.6 Å². The van der Waals surface area contributed by atoms with Gasteiger partial charge in [0.15, 0.2) is 0 Å². The van der Waals surface area contributed by atoms with Gasteiger partial charge in [0.05, 0.1) is 6.61 Å². The summed E-state index contributed by atoms with van der Waals surface area (Å²) in [7, 11) is 0. The molecule has 1 aromatic rings. The van der Waals surface area contributed by atoms with Gasteiger partial charge in [-0.15, -0.1) is 0 Å². The molecule has 0 atom stereocenters. The standard InChI is InChI=1S/C10H16ClN3O/c1-3-14(7-8-15-4-2)9-5-6-12-10(11)13-9/h5-6H,3-4,7-8H2,1-2H3. The van der Waals surface area contributed by atoms with Gasteiger partial charge in [0.2, 0.25) is 5.28 Å². The Hall–Kier alpha value is -0.870. The quantitative estimate of drug-likeness (QED) is 0.553. The molecule has 0 saturated carbocycles. The first-order chi connectivity index (χ1) is 7.27. The molecule has 0 spiro atoms. The molecule has 0 aromatic carbocycles. The highest BCUT2D eigenvalue weighted by molar-refractivity contribution is 6.28. The Morgan fingerprint density at radius 3 is 2.87 bits per heavy atom. The lowest BCUT2D eigenvalue weighted by Gasteiger charge is -2.21. The Labute approximate surface area is 95.2 Å². The largest absolute Gasteiger partial charge is 0.380 e. The first-order valence-corrected chi connectivity index (χ1v) is 5.47. The van der Waals surface area contributed by atoms with Crippen molar-refractivity contribution in [1.29, 1.82) is 0 Å². The zero-order chi connectivity index (χ0) is 11.1. The molecule has 1 heterocycles. The molecule has 1 aromatic heterocycles. The molecule has 0 aliphatic carbocycles. The Balaban J connectivity index is 2.57. The summed E-state index contributed by atoms with van der Waals surface area (Å²) in [5.41, 5.74) is 0. The maximum Gasteiger partial charge on any atom is 0.224 e. The third-order valence-electron chi connectivity index (χ3n) is 2.03. The fraction of sp³-hybridized carbons (Fsp3) is 0.600. The summed E-state index contributed by atoms with van der Waals surface area (Å²) in [5, 5.41) is 0.280. The van der Waals surface area contributed by atoms with Crippen molar-refractivity contribution >= 4 is 17.4 Å². The minimum Gasteiger partial charge on any atom is -0.380 e. The summed E-state index contributed by atoms with van der Waals surface area (Å²) in [5.74, 6) is 0.845. The minimum atomic E-state index is 0.280. The number of rotatable bonds is 6. The van der Waals surface area contributed by atoms with E-state index in [0.717, 1.165) is 25.5 Å². The third kappa shape index (κ3) is 4.01. The fourth-order valence-electron chi connectivity index (χ4n) is 1.26. The van der Waals surface area contributed by atoms with Crippen molar-refractivity contribution in [2.75, 3.05) is 31.2 Å². The smallest absolute Gasteiger partial charge is 0.224 e. The number of likely N-dealkylation sites (N-methyl/N-ethyl adjacent to an activating group) is 1. The molecule has 0 amide bonds. The van der Waals surface area contributed by atoms with E-state index in [4.69, 9.17) is 16.3 Å². The van der Waals surface area contributed by atoms with Gasteiger partial charge < -0.3 is 9.64 Å². The topological polar surface area (TPSA) is 38.2 Å². The van der Waals surface area contributed by atoms with Gasteiger partial charge in [0.1, 0.15) is 5.82 Å². The molecule has 0 saturated heterocycles. The van der Waals surface area contributed by atoms with Crippen LogP contribution in [0.25, 0.3) is 0 Å². The molecule has 5 heteroatoms. The lowest BCUT2D eigenvalue weighted by molar-refractivity contribution is 0.154. The monoisotopic (exact) mass is 229 g/mol. The van der Waals surface area contributed by atoms with Crippen LogP contribution < -0.4 is 4.90 Å². The maximum absolute atomic E-state index is 5.73. The minimum absolute atomic E-state index is 0.280. The van der Waals surface area contributed by atoms with Gasteiger partial charge in [-0.1, -0.05) is 0 Å². The third-order valence-corrected chi connectivity index (χ3v) is 2.21. The first-order valence-electron chi connectivity index (χ1n) is 5.09. The van der Waals surface area contributed by atoms with Crippen molar-refractivity contribution in [3.05, 3.63) is 17.5 Å². The second-order valence-corrected chi connectivity index (χ2v) is 3.30. The fourth-order valence-corrected chi connectivity index (χ4v) is 1.40. The number of nitrogens with zero attached hydrogens (tertiary/aromatic N) is 3. The van der Waals surface area contributed by atoms with E-state index in [1.807, 2.05) is 13.0 Å². The Morgan fingerprint density at radius 1 is 1.47 bits per heavy atom. The van der Waals surface area contributed by atoms with Crippen molar-refractivity contribution in [2.24, 2.45) is 0 Å². The SMILES string of the molecule is CCOCCN(CC)c1ccnc(Cl)n1. The van der Waals surface area contributed by atoms with E-state index in [1.54, 1.807) is 6.20 Å². The second kappa shape index (κ2) is 6.58. The van der Waals surface area contributed by atoms with Crippen molar-refractivity contribution in [1.82, 2.24) is 9.97 Å². The summed E-state index contributed by atoms with van der Waals surface area (Å²) < 4.78 is 5.30. The molecule has 0 radical (unpaired) electrons. The summed E-state index contributed by atoms with van der Waals surface area (Å²) in [4.78, 5) is 10.1. The number of hydrogen-bond acceptors (Lipinski definition) is 4. The van der Waals surface area contributed by atoms with Crippen molar-refractivity contribution in [3.63, 3.8) is 0 Å². The Morgan fingerprint density at radius 2 is 2.27 bits per heavy atom. The molecular formula is C10H16ClN3O.